The molecule has 3 aliphatic heterocycles. The Morgan fingerprint density at radius 2 is 2.00 bits per heavy atom. The smallest absolute Gasteiger partial charge is 0.248 e. The summed E-state index contributed by atoms with van der Waals surface area (Å²) in [5.74, 6) is 0.211. The highest BCUT2D eigenvalue weighted by Crippen LogP contribution is 2.47. The number of anilines is 1. The standard InChI is InChI=1S/C19H24ClN3O4S2/c1-19-8-7-17(24)23(19)15(12-28-19)18(25)21-13-5-6-14(20)16(11-13)29(26,27)22-9-3-2-4-10-22/h5-6,11,15H,2-4,7-10,12H2,1H3,(H,21,25)/t15-,19-/m1/s1. The minimum Gasteiger partial charge on any atom is -0.324 e. The van der Waals surface area contributed by atoms with E-state index in [1.54, 1.807) is 22.7 Å². The van der Waals surface area contributed by atoms with E-state index in [9.17, 15) is 18.0 Å². The third kappa shape index (κ3) is 3.78. The molecule has 1 aromatic rings. The van der Waals surface area contributed by atoms with Crippen molar-refractivity contribution in [3.8, 4) is 0 Å². The average molecular weight is 458 g/mol. The number of fused-ring (bicyclic) bond motifs is 1. The van der Waals surface area contributed by atoms with Gasteiger partial charge in [0.05, 0.1) is 9.89 Å². The molecule has 0 saturated carbocycles. The topological polar surface area (TPSA) is 86.8 Å². The van der Waals surface area contributed by atoms with Crippen LogP contribution in [0.3, 0.4) is 0 Å². The molecule has 29 heavy (non-hydrogen) atoms. The summed E-state index contributed by atoms with van der Waals surface area (Å²) >= 11 is 7.81. The maximum absolute atomic E-state index is 13.0. The van der Waals surface area contributed by atoms with Gasteiger partial charge >= 0.3 is 0 Å². The first-order valence-corrected chi connectivity index (χ1v) is 12.6. The fraction of sp³-hybridized carbons (Fsp3) is 0.579. The molecule has 0 aliphatic carbocycles. The number of thioether (sulfide) groups is 1. The van der Waals surface area contributed by atoms with Crippen molar-refractivity contribution in [2.24, 2.45) is 0 Å². The molecule has 7 nitrogen and oxygen atoms in total. The monoisotopic (exact) mass is 457 g/mol. The lowest BCUT2D eigenvalue weighted by Crippen LogP contribution is -2.48. The number of hydrogen-bond donors (Lipinski definition) is 1. The van der Waals surface area contributed by atoms with Crippen LogP contribution >= 0.6 is 23.4 Å². The molecule has 1 N–H and O–H groups in total. The highest BCUT2D eigenvalue weighted by Gasteiger charge is 2.52. The van der Waals surface area contributed by atoms with Gasteiger partial charge in [-0.1, -0.05) is 18.0 Å². The van der Waals surface area contributed by atoms with Gasteiger partial charge in [0, 0.05) is 31.0 Å². The van der Waals surface area contributed by atoms with Crippen molar-refractivity contribution >= 4 is 50.9 Å². The minimum absolute atomic E-state index is 0.00162. The second kappa shape index (κ2) is 7.76. The maximum atomic E-state index is 13.0. The summed E-state index contributed by atoms with van der Waals surface area (Å²) in [5, 5.41) is 2.92. The number of carbonyl (C=O) groups excluding carboxylic acids is 2. The number of rotatable bonds is 4. The first-order valence-electron chi connectivity index (χ1n) is 9.79. The Labute approximate surface area is 180 Å². The van der Waals surface area contributed by atoms with Crippen molar-refractivity contribution in [1.82, 2.24) is 9.21 Å². The van der Waals surface area contributed by atoms with Crippen LogP contribution in [0.2, 0.25) is 5.02 Å². The number of nitrogens with one attached hydrogen (secondary N) is 1. The van der Waals surface area contributed by atoms with E-state index in [2.05, 4.69) is 5.32 Å². The number of hydrogen-bond acceptors (Lipinski definition) is 5. The van der Waals surface area contributed by atoms with Crippen molar-refractivity contribution in [3.05, 3.63) is 23.2 Å². The van der Waals surface area contributed by atoms with Crippen molar-refractivity contribution in [3.63, 3.8) is 0 Å². The van der Waals surface area contributed by atoms with Crippen molar-refractivity contribution in [2.75, 3.05) is 24.2 Å². The molecule has 2 atom stereocenters. The molecular weight excluding hydrogens is 434 g/mol. The zero-order valence-corrected chi connectivity index (χ0v) is 18.6. The predicted molar refractivity (Wildman–Crippen MR) is 113 cm³/mol. The molecule has 4 rings (SSSR count). The number of amides is 2. The fourth-order valence-corrected chi connectivity index (χ4v) is 7.71. The third-order valence-corrected chi connectivity index (χ3v) is 9.76. The summed E-state index contributed by atoms with van der Waals surface area (Å²) in [5.41, 5.74) is 0.361. The highest BCUT2D eigenvalue weighted by atomic mass is 35.5. The van der Waals surface area contributed by atoms with Gasteiger partial charge in [-0.25, -0.2) is 8.42 Å². The molecule has 3 saturated heterocycles. The lowest BCUT2D eigenvalue weighted by atomic mass is 10.2. The molecule has 158 valence electrons. The van der Waals surface area contributed by atoms with Gasteiger partial charge in [0.15, 0.2) is 0 Å². The number of halogens is 1. The van der Waals surface area contributed by atoms with E-state index in [1.807, 2.05) is 6.92 Å². The van der Waals surface area contributed by atoms with E-state index in [4.69, 9.17) is 11.6 Å². The predicted octanol–water partition coefficient (Wildman–Crippen LogP) is 2.91. The van der Waals surface area contributed by atoms with Crippen LogP contribution in [0.1, 0.15) is 39.0 Å². The van der Waals surface area contributed by atoms with E-state index in [1.165, 1.54) is 16.4 Å². The van der Waals surface area contributed by atoms with E-state index in [0.29, 0.717) is 31.0 Å². The largest absolute Gasteiger partial charge is 0.324 e. The van der Waals surface area contributed by atoms with Crippen molar-refractivity contribution in [2.45, 2.75) is 54.8 Å². The molecule has 2 amide bonds. The van der Waals surface area contributed by atoms with Gasteiger partial charge in [0.1, 0.15) is 10.9 Å². The SMILES string of the molecule is C[C@@]12CCC(=O)N1[C@@H](C(=O)Nc1ccc(Cl)c(S(=O)(=O)N3CCCCC3)c1)CS2. The van der Waals surface area contributed by atoms with Crippen LogP contribution in [0.25, 0.3) is 0 Å². The van der Waals surface area contributed by atoms with Gasteiger partial charge in [0.25, 0.3) is 0 Å². The number of piperidine rings is 1. The Morgan fingerprint density at radius 1 is 1.28 bits per heavy atom. The zero-order chi connectivity index (χ0) is 20.8. The molecule has 3 fully saturated rings. The molecule has 1 aromatic carbocycles. The highest BCUT2D eigenvalue weighted by molar-refractivity contribution is 8.01. The summed E-state index contributed by atoms with van der Waals surface area (Å²) in [6.07, 6.45) is 3.86. The Bertz CT molecular complexity index is 949. The summed E-state index contributed by atoms with van der Waals surface area (Å²) in [7, 11) is -3.72. The first kappa shape index (κ1) is 21.0. The normalized spacial score (nSPS) is 27.9. The molecular formula is C19H24ClN3O4S2. The Balaban J connectivity index is 1.55. The first-order chi connectivity index (χ1) is 13.7. The van der Waals surface area contributed by atoms with Gasteiger partial charge in [-0.2, -0.15) is 4.31 Å². The number of carbonyl (C=O) groups is 2. The Hall–Kier alpha value is -1.29. The van der Waals surface area contributed by atoms with Crippen molar-refractivity contribution in [1.29, 1.82) is 0 Å². The number of nitrogens with zero attached hydrogens (tertiary/aromatic N) is 2. The van der Waals surface area contributed by atoms with Gasteiger partial charge in [-0.05, 0) is 44.4 Å². The van der Waals surface area contributed by atoms with Gasteiger partial charge in [0.2, 0.25) is 21.8 Å². The molecule has 3 aliphatic rings. The molecule has 3 heterocycles. The van der Waals surface area contributed by atoms with Crippen LogP contribution in [-0.4, -0.2) is 59.2 Å². The Morgan fingerprint density at radius 3 is 2.72 bits per heavy atom. The quantitative estimate of drug-likeness (QED) is 0.751. The minimum atomic E-state index is -3.72. The molecule has 0 unspecified atom stereocenters. The van der Waals surface area contributed by atoms with Crippen molar-refractivity contribution < 1.29 is 18.0 Å². The van der Waals surface area contributed by atoms with E-state index >= 15 is 0 Å². The lowest BCUT2D eigenvalue weighted by molar-refractivity contribution is -0.135. The van der Waals surface area contributed by atoms with E-state index in [0.717, 1.165) is 25.7 Å². The molecule has 0 spiro atoms. The van der Waals surface area contributed by atoms with E-state index < -0.39 is 16.1 Å². The summed E-state index contributed by atoms with van der Waals surface area (Å²) in [6, 6.07) is 3.93. The second-order valence-corrected chi connectivity index (χ2v) is 11.7. The van der Waals surface area contributed by atoms with Gasteiger partial charge in [-0.15, -0.1) is 11.8 Å². The van der Waals surface area contributed by atoms with Crippen LogP contribution in [-0.2, 0) is 19.6 Å². The summed E-state index contributed by atoms with van der Waals surface area (Å²) in [4.78, 5) is 26.5. The van der Waals surface area contributed by atoms with Crippen LogP contribution in [0.5, 0.6) is 0 Å². The van der Waals surface area contributed by atoms with E-state index in [-0.39, 0.29) is 26.6 Å². The van der Waals surface area contributed by atoms with Crippen LogP contribution in [0.15, 0.2) is 23.1 Å². The molecule has 0 aromatic heterocycles. The second-order valence-electron chi connectivity index (χ2n) is 7.86. The lowest BCUT2D eigenvalue weighted by Gasteiger charge is -2.30. The van der Waals surface area contributed by atoms with Gasteiger partial charge in [-0.3, -0.25) is 9.59 Å². The van der Waals surface area contributed by atoms with Gasteiger partial charge < -0.3 is 10.2 Å². The third-order valence-electron chi connectivity index (χ3n) is 5.88. The molecule has 0 bridgehead atoms. The summed E-state index contributed by atoms with van der Waals surface area (Å²) < 4.78 is 27.5. The zero-order valence-electron chi connectivity index (χ0n) is 16.2. The number of benzene rings is 1. The Kier molecular flexibility index (Phi) is 5.61. The maximum Gasteiger partial charge on any atom is 0.248 e. The number of sulfonamides is 1. The van der Waals surface area contributed by atoms with Crippen LogP contribution < -0.4 is 5.32 Å². The molecule has 0 radical (unpaired) electrons. The fourth-order valence-electron chi connectivity index (χ4n) is 4.26. The van der Waals surface area contributed by atoms with Crippen LogP contribution in [0.4, 0.5) is 5.69 Å². The van der Waals surface area contributed by atoms with Crippen LogP contribution in [0, 0.1) is 0 Å². The summed E-state index contributed by atoms with van der Waals surface area (Å²) in [6.45, 7) is 2.94. The average Bonchev–Trinajstić information content (AvgIpc) is 3.20. The molecule has 10 heteroatoms.